The first kappa shape index (κ1) is 13.1. The van der Waals surface area contributed by atoms with Gasteiger partial charge in [0.05, 0.1) is 6.54 Å². The lowest BCUT2D eigenvalue weighted by molar-refractivity contribution is 0.0734. The lowest BCUT2D eigenvalue weighted by Crippen LogP contribution is -2.44. The van der Waals surface area contributed by atoms with Crippen molar-refractivity contribution in [3.05, 3.63) is 11.1 Å². The number of rotatable bonds is 5. The summed E-state index contributed by atoms with van der Waals surface area (Å²) in [5, 5.41) is 3.33. The molecule has 0 saturated carbocycles. The quantitative estimate of drug-likeness (QED) is 0.832. The van der Waals surface area contributed by atoms with Crippen LogP contribution in [0.15, 0.2) is 11.1 Å². The van der Waals surface area contributed by atoms with Crippen molar-refractivity contribution in [2.45, 2.75) is 25.3 Å². The molecular formula is C10H17BrF2N2. The summed E-state index contributed by atoms with van der Waals surface area (Å²) < 4.78 is 25.1. The van der Waals surface area contributed by atoms with E-state index in [1.54, 1.807) is 0 Å². The van der Waals surface area contributed by atoms with Crippen LogP contribution in [-0.4, -0.2) is 43.5 Å². The normalized spacial score (nSPS) is 19.7. The number of nitrogens with zero attached hydrogens (tertiary/aromatic N) is 1. The summed E-state index contributed by atoms with van der Waals surface area (Å²) in [7, 11) is 0. The minimum atomic E-state index is -2.21. The van der Waals surface area contributed by atoms with Gasteiger partial charge in [-0.1, -0.05) is 22.5 Å². The van der Waals surface area contributed by atoms with Crippen LogP contribution >= 0.6 is 15.9 Å². The first-order valence-corrected chi connectivity index (χ1v) is 5.94. The number of halogens is 3. The van der Waals surface area contributed by atoms with Crippen LogP contribution in [0, 0.1) is 0 Å². The lowest BCUT2D eigenvalue weighted by Gasteiger charge is -2.32. The monoisotopic (exact) mass is 282 g/mol. The van der Waals surface area contributed by atoms with Gasteiger partial charge in [0, 0.05) is 17.1 Å². The van der Waals surface area contributed by atoms with Gasteiger partial charge in [0.1, 0.15) is 0 Å². The molecule has 1 heterocycles. The molecule has 0 radical (unpaired) electrons. The number of nitrogens with one attached hydrogen (secondary N) is 1. The van der Waals surface area contributed by atoms with Crippen LogP contribution in [0.1, 0.15) is 12.8 Å². The Hall–Kier alpha value is -0.0000000000000000555. The fourth-order valence-corrected chi connectivity index (χ4v) is 1.93. The lowest BCUT2D eigenvalue weighted by atomic mass is 10.1. The van der Waals surface area contributed by atoms with Crippen molar-refractivity contribution >= 4 is 15.9 Å². The molecule has 1 saturated heterocycles. The van der Waals surface area contributed by atoms with Crippen molar-refractivity contribution in [1.82, 2.24) is 10.2 Å². The molecule has 1 aliphatic heterocycles. The molecule has 1 aliphatic rings. The smallest absolute Gasteiger partial charge is 0.251 e. The SMILES string of the molecule is C=C(Br)CNC1CCN(CC(F)F)CC1. The highest BCUT2D eigenvalue weighted by Gasteiger charge is 2.20. The van der Waals surface area contributed by atoms with Gasteiger partial charge < -0.3 is 5.32 Å². The number of piperidine rings is 1. The van der Waals surface area contributed by atoms with Crippen molar-refractivity contribution in [2.75, 3.05) is 26.2 Å². The molecule has 0 spiro atoms. The van der Waals surface area contributed by atoms with E-state index in [9.17, 15) is 8.78 Å². The van der Waals surface area contributed by atoms with E-state index < -0.39 is 6.43 Å². The van der Waals surface area contributed by atoms with E-state index in [1.165, 1.54) is 0 Å². The first-order valence-electron chi connectivity index (χ1n) is 5.15. The van der Waals surface area contributed by atoms with E-state index in [0.29, 0.717) is 6.04 Å². The zero-order valence-electron chi connectivity index (χ0n) is 8.69. The van der Waals surface area contributed by atoms with Crippen LogP contribution in [-0.2, 0) is 0 Å². The zero-order chi connectivity index (χ0) is 11.3. The van der Waals surface area contributed by atoms with Crippen molar-refractivity contribution < 1.29 is 8.78 Å². The Bertz CT molecular complexity index is 204. The fraction of sp³-hybridized carbons (Fsp3) is 0.800. The Morgan fingerprint density at radius 2 is 2.07 bits per heavy atom. The van der Waals surface area contributed by atoms with Crippen LogP contribution < -0.4 is 5.32 Å². The van der Waals surface area contributed by atoms with Crippen LogP contribution in [0.3, 0.4) is 0 Å². The molecule has 0 amide bonds. The molecule has 1 N–H and O–H groups in total. The van der Waals surface area contributed by atoms with Gasteiger partial charge in [-0.3, -0.25) is 4.90 Å². The Morgan fingerprint density at radius 3 is 2.53 bits per heavy atom. The van der Waals surface area contributed by atoms with E-state index >= 15 is 0 Å². The predicted octanol–water partition coefficient (Wildman–Crippen LogP) is 2.21. The van der Waals surface area contributed by atoms with Gasteiger partial charge in [-0.2, -0.15) is 0 Å². The Balaban J connectivity index is 2.15. The summed E-state index contributed by atoms with van der Waals surface area (Å²) in [6.07, 6.45) is -0.336. The maximum Gasteiger partial charge on any atom is 0.251 e. The molecule has 88 valence electrons. The summed E-state index contributed by atoms with van der Waals surface area (Å²) >= 11 is 3.28. The van der Waals surface area contributed by atoms with E-state index in [2.05, 4.69) is 27.8 Å². The molecule has 15 heavy (non-hydrogen) atoms. The van der Waals surface area contributed by atoms with Crippen LogP contribution in [0.5, 0.6) is 0 Å². The molecule has 0 aromatic carbocycles. The second kappa shape index (κ2) is 6.55. The van der Waals surface area contributed by atoms with Crippen molar-refractivity contribution in [3.63, 3.8) is 0 Å². The number of hydrogen-bond acceptors (Lipinski definition) is 2. The maximum atomic E-state index is 12.1. The molecule has 0 aromatic rings. The van der Waals surface area contributed by atoms with Gasteiger partial charge in [0.2, 0.25) is 0 Å². The molecule has 5 heteroatoms. The molecule has 0 aliphatic carbocycles. The van der Waals surface area contributed by atoms with Crippen LogP contribution in [0.25, 0.3) is 0 Å². The number of likely N-dealkylation sites (tertiary alicyclic amines) is 1. The van der Waals surface area contributed by atoms with Crippen molar-refractivity contribution in [1.29, 1.82) is 0 Å². The highest BCUT2D eigenvalue weighted by molar-refractivity contribution is 9.11. The Morgan fingerprint density at radius 1 is 1.47 bits per heavy atom. The highest BCUT2D eigenvalue weighted by Crippen LogP contribution is 2.12. The Labute approximate surface area is 97.8 Å². The summed E-state index contributed by atoms with van der Waals surface area (Å²) in [5.74, 6) is 0. The van der Waals surface area contributed by atoms with E-state index in [-0.39, 0.29) is 6.54 Å². The summed E-state index contributed by atoms with van der Waals surface area (Å²) in [4.78, 5) is 1.83. The summed E-state index contributed by atoms with van der Waals surface area (Å²) in [6, 6.07) is 0.438. The van der Waals surface area contributed by atoms with Gasteiger partial charge in [0.15, 0.2) is 0 Å². The average Bonchev–Trinajstić information content (AvgIpc) is 2.16. The zero-order valence-corrected chi connectivity index (χ0v) is 10.3. The molecule has 1 fully saturated rings. The molecular weight excluding hydrogens is 266 g/mol. The molecule has 0 atom stereocenters. The van der Waals surface area contributed by atoms with Gasteiger partial charge in [-0.15, -0.1) is 0 Å². The standard InChI is InChI=1S/C10H17BrF2N2/c1-8(11)6-14-9-2-4-15(5-3-9)7-10(12)13/h9-10,14H,1-7H2. The van der Waals surface area contributed by atoms with Gasteiger partial charge in [-0.25, -0.2) is 8.78 Å². The second-order valence-electron chi connectivity index (χ2n) is 3.86. The second-order valence-corrected chi connectivity index (χ2v) is 4.99. The third-order valence-corrected chi connectivity index (χ3v) is 2.85. The first-order chi connectivity index (χ1) is 7.08. The largest absolute Gasteiger partial charge is 0.309 e. The molecule has 0 aromatic heterocycles. The molecule has 2 nitrogen and oxygen atoms in total. The third kappa shape index (κ3) is 5.58. The van der Waals surface area contributed by atoms with Gasteiger partial charge >= 0.3 is 0 Å². The fourth-order valence-electron chi connectivity index (χ4n) is 1.77. The minimum absolute atomic E-state index is 0.0854. The Kier molecular flexibility index (Phi) is 5.71. The van der Waals surface area contributed by atoms with Gasteiger partial charge in [0.25, 0.3) is 6.43 Å². The van der Waals surface area contributed by atoms with E-state index in [0.717, 1.165) is 37.0 Å². The van der Waals surface area contributed by atoms with Crippen LogP contribution in [0.4, 0.5) is 8.78 Å². The maximum absolute atomic E-state index is 12.1. The summed E-state index contributed by atoms with van der Waals surface area (Å²) in [6.45, 7) is 5.92. The van der Waals surface area contributed by atoms with Crippen molar-refractivity contribution in [2.24, 2.45) is 0 Å². The number of hydrogen-bond donors (Lipinski definition) is 1. The molecule has 0 unspecified atom stereocenters. The average molecular weight is 283 g/mol. The topological polar surface area (TPSA) is 15.3 Å². The van der Waals surface area contributed by atoms with Crippen molar-refractivity contribution in [3.8, 4) is 0 Å². The molecule has 1 rings (SSSR count). The third-order valence-electron chi connectivity index (χ3n) is 2.57. The highest BCUT2D eigenvalue weighted by atomic mass is 79.9. The molecule has 0 bridgehead atoms. The van der Waals surface area contributed by atoms with Gasteiger partial charge in [-0.05, 0) is 25.9 Å². The van der Waals surface area contributed by atoms with Crippen LogP contribution in [0.2, 0.25) is 0 Å². The van der Waals surface area contributed by atoms with E-state index in [4.69, 9.17) is 0 Å². The van der Waals surface area contributed by atoms with E-state index in [1.807, 2.05) is 4.90 Å². The summed E-state index contributed by atoms with van der Waals surface area (Å²) in [5.41, 5.74) is 0. The number of alkyl halides is 2. The predicted molar refractivity (Wildman–Crippen MR) is 61.5 cm³/mol. The minimum Gasteiger partial charge on any atom is -0.309 e.